The van der Waals surface area contributed by atoms with Gasteiger partial charge in [0.25, 0.3) is 0 Å². The Bertz CT molecular complexity index is 580. The van der Waals surface area contributed by atoms with Crippen molar-refractivity contribution in [3.63, 3.8) is 0 Å². The Kier molecular flexibility index (Phi) is 3.24. The van der Waals surface area contributed by atoms with Crippen molar-refractivity contribution in [1.82, 2.24) is 0 Å². The molecule has 1 aromatic carbocycles. The van der Waals surface area contributed by atoms with Crippen LogP contribution in [-0.2, 0) is 5.75 Å². The molecule has 0 saturated heterocycles. The molecule has 0 amide bonds. The number of hydrogen-bond donors (Lipinski definition) is 0. The molecular weight excluding hydrogens is 244 g/mol. The molecule has 0 aliphatic heterocycles. The third kappa shape index (κ3) is 2.51. The third-order valence-electron chi connectivity index (χ3n) is 2.62. The highest BCUT2D eigenvalue weighted by atomic mass is 32.2. The van der Waals surface area contributed by atoms with Crippen molar-refractivity contribution in [3.8, 4) is 11.3 Å². The summed E-state index contributed by atoms with van der Waals surface area (Å²) in [4.78, 5) is 1.22. The zero-order valence-corrected chi connectivity index (χ0v) is 10.5. The lowest BCUT2D eigenvalue weighted by Gasteiger charge is -2.01. The van der Waals surface area contributed by atoms with Crippen molar-refractivity contribution >= 4 is 11.8 Å². The maximum Gasteiger partial charge on any atom is 0.133 e. The molecule has 0 fully saturated rings. The van der Waals surface area contributed by atoms with Crippen molar-refractivity contribution in [3.05, 3.63) is 66.8 Å². The largest absolute Gasteiger partial charge is 0.468 e. The lowest BCUT2D eigenvalue weighted by Crippen LogP contribution is -1.77. The number of benzene rings is 1. The molecule has 2 heterocycles. The molecule has 0 atom stereocenters. The second-order valence-corrected chi connectivity index (χ2v) is 4.92. The third-order valence-corrected chi connectivity index (χ3v) is 3.66. The Morgan fingerprint density at radius 3 is 2.28 bits per heavy atom. The minimum absolute atomic E-state index is 0.854. The minimum Gasteiger partial charge on any atom is -0.468 e. The number of hydrogen-bond acceptors (Lipinski definition) is 3. The van der Waals surface area contributed by atoms with Gasteiger partial charge in [0.05, 0.1) is 18.3 Å². The summed E-state index contributed by atoms with van der Waals surface area (Å²) in [5.41, 5.74) is 1.10. The van der Waals surface area contributed by atoms with Crippen LogP contribution in [0.3, 0.4) is 0 Å². The molecule has 0 unspecified atom stereocenters. The van der Waals surface area contributed by atoms with E-state index >= 15 is 0 Å². The van der Waals surface area contributed by atoms with E-state index in [1.54, 1.807) is 24.3 Å². The Hall–Kier alpha value is -1.87. The molecule has 3 rings (SSSR count). The highest BCUT2D eigenvalue weighted by Crippen LogP contribution is 2.26. The molecule has 0 N–H and O–H groups in total. The van der Waals surface area contributed by atoms with E-state index in [1.807, 2.05) is 24.3 Å². The van der Waals surface area contributed by atoms with Gasteiger partial charge in [0, 0.05) is 10.5 Å². The summed E-state index contributed by atoms with van der Waals surface area (Å²) in [5.74, 6) is 2.75. The molecule has 0 spiro atoms. The fourth-order valence-corrected chi connectivity index (χ4v) is 2.51. The van der Waals surface area contributed by atoms with Gasteiger partial charge < -0.3 is 8.83 Å². The number of thioether (sulfide) groups is 1. The van der Waals surface area contributed by atoms with Crippen LogP contribution in [0.2, 0.25) is 0 Å². The predicted octanol–water partition coefficient (Wildman–Crippen LogP) is 4.83. The molecule has 0 saturated carbocycles. The first kappa shape index (κ1) is 11.2. The van der Waals surface area contributed by atoms with Crippen LogP contribution in [0.25, 0.3) is 11.3 Å². The van der Waals surface area contributed by atoms with Crippen LogP contribution in [0.5, 0.6) is 0 Å². The van der Waals surface area contributed by atoms with Gasteiger partial charge in [-0.25, -0.2) is 0 Å². The van der Waals surface area contributed by atoms with Gasteiger partial charge in [-0.1, -0.05) is 12.1 Å². The molecular formula is C15H12O2S. The van der Waals surface area contributed by atoms with Crippen LogP contribution in [-0.4, -0.2) is 0 Å². The van der Waals surface area contributed by atoms with Crippen LogP contribution in [0.15, 0.2) is 74.8 Å². The molecule has 3 aromatic rings. The fourth-order valence-electron chi connectivity index (χ4n) is 1.71. The van der Waals surface area contributed by atoms with Gasteiger partial charge in [-0.2, -0.15) is 0 Å². The van der Waals surface area contributed by atoms with Gasteiger partial charge >= 0.3 is 0 Å². The minimum atomic E-state index is 0.854. The molecule has 0 radical (unpaired) electrons. The monoisotopic (exact) mass is 256 g/mol. The summed E-state index contributed by atoms with van der Waals surface area (Å²) < 4.78 is 10.7. The molecule has 0 aliphatic rings. The Morgan fingerprint density at radius 2 is 1.61 bits per heavy atom. The van der Waals surface area contributed by atoms with Gasteiger partial charge in [0.2, 0.25) is 0 Å². The predicted molar refractivity (Wildman–Crippen MR) is 72.4 cm³/mol. The van der Waals surface area contributed by atoms with E-state index in [1.165, 1.54) is 4.90 Å². The van der Waals surface area contributed by atoms with Crippen molar-refractivity contribution < 1.29 is 8.83 Å². The summed E-state index contributed by atoms with van der Waals surface area (Å²) in [6, 6.07) is 16.1. The molecule has 90 valence electrons. The van der Waals surface area contributed by atoms with Crippen molar-refractivity contribution in [2.75, 3.05) is 0 Å². The van der Waals surface area contributed by atoms with Crippen molar-refractivity contribution in [2.24, 2.45) is 0 Å². The number of rotatable bonds is 4. The van der Waals surface area contributed by atoms with E-state index in [-0.39, 0.29) is 0 Å². The molecule has 2 aromatic heterocycles. The van der Waals surface area contributed by atoms with Gasteiger partial charge in [0.1, 0.15) is 11.5 Å². The maximum atomic E-state index is 5.36. The molecule has 0 aliphatic carbocycles. The zero-order valence-electron chi connectivity index (χ0n) is 9.71. The van der Waals surface area contributed by atoms with Gasteiger partial charge in [-0.3, -0.25) is 0 Å². The normalized spacial score (nSPS) is 10.7. The first-order valence-electron chi connectivity index (χ1n) is 5.71. The second kappa shape index (κ2) is 5.19. The highest BCUT2D eigenvalue weighted by molar-refractivity contribution is 7.98. The van der Waals surface area contributed by atoms with Crippen LogP contribution in [0, 0.1) is 0 Å². The second-order valence-electron chi connectivity index (χ2n) is 3.87. The van der Waals surface area contributed by atoms with E-state index in [9.17, 15) is 0 Å². The van der Waals surface area contributed by atoms with Gasteiger partial charge in [-0.15, -0.1) is 11.8 Å². The van der Waals surface area contributed by atoms with Gasteiger partial charge in [0.15, 0.2) is 0 Å². The first-order chi connectivity index (χ1) is 8.92. The van der Waals surface area contributed by atoms with Crippen LogP contribution >= 0.6 is 11.8 Å². The smallest absolute Gasteiger partial charge is 0.133 e. The molecule has 18 heavy (non-hydrogen) atoms. The quantitative estimate of drug-likeness (QED) is 0.625. The number of furan rings is 2. The lowest BCUT2D eigenvalue weighted by atomic mass is 10.2. The zero-order chi connectivity index (χ0) is 12.2. The van der Waals surface area contributed by atoms with Gasteiger partial charge in [-0.05, 0) is 36.4 Å². The SMILES string of the molecule is c1coc(CSc2ccc(-c3ccco3)cc2)c1. The average molecular weight is 256 g/mol. The van der Waals surface area contributed by atoms with Crippen LogP contribution in [0.1, 0.15) is 5.76 Å². The maximum absolute atomic E-state index is 5.36. The van der Waals surface area contributed by atoms with E-state index in [2.05, 4.69) is 24.3 Å². The Morgan fingerprint density at radius 1 is 0.833 bits per heavy atom. The summed E-state index contributed by atoms with van der Waals surface area (Å²) in [7, 11) is 0. The first-order valence-corrected chi connectivity index (χ1v) is 6.69. The molecule has 0 bridgehead atoms. The topological polar surface area (TPSA) is 26.3 Å². The van der Waals surface area contributed by atoms with E-state index in [4.69, 9.17) is 8.83 Å². The summed E-state index contributed by atoms with van der Waals surface area (Å²) >= 11 is 1.76. The van der Waals surface area contributed by atoms with E-state index in [0.29, 0.717) is 0 Å². The average Bonchev–Trinajstić information content (AvgIpc) is 3.10. The molecule has 2 nitrogen and oxygen atoms in total. The highest BCUT2D eigenvalue weighted by Gasteiger charge is 2.02. The standard InChI is InChI=1S/C15H12O2S/c1-3-13(16-9-1)11-18-14-7-5-12(6-8-14)15-4-2-10-17-15/h1-10H,11H2. The Balaban J connectivity index is 1.68. The fraction of sp³-hybridized carbons (Fsp3) is 0.0667. The van der Waals surface area contributed by atoms with E-state index < -0.39 is 0 Å². The van der Waals surface area contributed by atoms with Crippen LogP contribution in [0.4, 0.5) is 0 Å². The molecule has 3 heteroatoms. The summed E-state index contributed by atoms with van der Waals surface area (Å²) in [6.45, 7) is 0. The van der Waals surface area contributed by atoms with E-state index in [0.717, 1.165) is 22.8 Å². The summed E-state index contributed by atoms with van der Waals surface area (Å²) in [6.07, 6.45) is 3.39. The Labute approximate surface area is 110 Å². The van der Waals surface area contributed by atoms with Crippen molar-refractivity contribution in [1.29, 1.82) is 0 Å². The van der Waals surface area contributed by atoms with Crippen LogP contribution < -0.4 is 0 Å². The van der Waals surface area contributed by atoms with Crippen molar-refractivity contribution in [2.45, 2.75) is 10.6 Å². The lowest BCUT2D eigenvalue weighted by molar-refractivity contribution is 0.530. The summed E-state index contributed by atoms with van der Waals surface area (Å²) in [5, 5.41) is 0.